The van der Waals surface area contributed by atoms with Gasteiger partial charge in [-0.3, -0.25) is 4.68 Å². The summed E-state index contributed by atoms with van der Waals surface area (Å²) in [4.78, 5) is 0. The van der Waals surface area contributed by atoms with Crippen LogP contribution in [0.2, 0.25) is 0 Å². The molecule has 4 nitrogen and oxygen atoms in total. The normalized spacial score (nSPS) is 18.0. The number of phenolic OH excluding ortho intramolecular Hbond substituents is 1. The van der Waals surface area contributed by atoms with Crippen LogP contribution in [0.15, 0.2) is 24.3 Å². The molecule has 1 aromatic heterocycles. The number of hydrogen-bond acceptors (Lipinski definition) is 3. The van der Waals surface area contributed by atoms with E-state index in [0.717, 1.165) is 31.6 Å². The smallest absolute Gasteiger partial charge is 0.115 e. The van der Waals surface area contributed by atoms with Crippen molar-refractivity contribution in [3.8, 4) is 5.75 Å². The fourth-order valence-electron chi connectivity index (χ4n) is 3.05. The number of rotatable bonds is 3. The fourth-order valence-corrected chi connectivity index (χ4v) is 3.05. The van der Waals surface area contributed by atoms with Crippen LogP contribution in [0.25, 0.3) is 0 Å². The molecule has 0 radical (unpaired) electrons. The van der Waals surface area contributed by atoms with Gasteiger partial charge in [0.25, 0.3) is 0 Å². The van der Waals surface area contributed by atoms with Gasteiger partial charge >= 0.3 is 0 Å². The van der Waals surface area contributed by atoms with Gasteiger partial charge < -0.3 is 10.4 Å². The summed E-state index contributed by atoms with van der Waals surface area (Å²) in [5, 5.41) is 17.8. The Morgan fingerprint density at radius 2 is 2.25 bits per heavy atom. The van der Waals surface area contributed by atoms with Gasteiger partial charge in [-0.2, -0.15) is 5.10 Å². The van der Waals surface area contributed by atoms with E-state index in [-0.39, 0.29) is 6.04 Å². The van der Waals surface area contributed by atoms with E-state index >= 15 is 0 Å². The summed E-state index contributed by atoms with van der Waals surface area (Å²) in [5.74, 6) is 0.345. The van der Waals surface area contributed by atoms with Gasteiger partial charge in [-0.25, -0.2) is 0 Å². The minimum atomic E-state index is 0.257. The first-order chi connectivity index (χ1) is 9.67. The third-order valence-electron chi connectivity index (χ3n) is 3.99. The maximum Gasteiger partial charge on any atom is 0.115 e. The first-order valence-electron chi connectivity index (χ1n) is 7.26. The van der Waals surface area contributed by atoms with E-state index < -0.39 is 0 Å². The van der Waals surface area contributed by atoms with Gasteiger partial charge in [-0.1, -0.05) is 6.07 Å². The highest BCUT2D eigenvalue weighted by Gasteiger charge is 2.21. The topological polar surface area (TPSA) is 50.1 Å². The molecular formula is C16H21N3O. The Labute approximate surface area is 119 Å². The second-order valence-corrected chi connectivity index (χ2v) is 5.44. The van der Waals surface area contributed by atoms with Gasteiger partial charge in [0.15, 0.2) is 0 Å². The van der Waals surface area contributed by atoms with Crippen LogP contribution in [0.5, 0.6) is 5.75 Å². The zero-order valence-corrected chi connectivity index (χ0v) is 12.1. The average Bonchev–Trinajstić information content (AvgIpc) is 2.79. The lowest BCUT2D eigenvalue weighted by molar-refractivity contribution is 0.458. The van der Waals surface area contributed by atoms with Crippen LogP contribution in [0.3, 0.4) is 0 Å². The third kappa shape index (κ3) is 2.43. The molecule has 1 atom stereocenters. The van der Waals surface area contributed by atoms with Crippen molar-refractivity contribution in [2.24, 2.45) is 0 Å². The molecule has 0 aliphatic carbocycles. The van der Waals surface area contributed by atoms with Gasteiger partial charge in [0, 0.05) is 24.7 Å². The van der Waals surface area contributed by atoms with Crippen molar-refractivity contribution in [2.45, 2.75) is 39.3 Å². The molecule has 0 saturated heterocycles. The summed E-state index contributed by atoms with van der Waals surface area (Å²) in [6.45, 7) is 6.03. The molecule has 2 aromatic rings. The molecule has 20 heavy (non-hydrogen) atoms. The molecule has 1 unspecified atom stereocenters. The van der Waals surface area contributed by atoms with Crippen molar-refractivity contribution in [3.63, 3.8) is 0 Å². The zero-order valence-electron chi connectivity index (χ0n) is 12.1. The van der Waals surface area contributed by atoms with Crippen LogP contribution in [0.4, 0.5) is 0 Å². The van der Waals surface area contributed by atoms with Crippen molar-refractivity contribution in [3.05, 3.63) is 46.8 Å². The fraction of sp³-hybridized carbons (Fsp3) is 0.438. The van der Waals surface area contributed by atoms with E-state index in [1.165, 1.54) is 16.8 Å². The monoisotopic (exact) mass is 271 g/mol. The Bertz CT molecular complexity index is 618. The maximum atomic E-state index is 9.73. The summed E-state index contributed by atoms with van der Waals surface area (Å²) in [6, 6.07) is 8.13. The first kappa shape index (κ1) is 13.2. The Morgan fingerprint density at radius 1 is 1.40 bits per heavy atom. The molecule has 1 aromatic carbocycles. The molecule has 1 aliphatic rings. The highest BCUT2D eigenvalue weighted by molar-refractivity contribution is 5.39. The Hall–Kier alpha value is -1.81. The standard InChI is InChI=1S/C16H21N3O/c1-3-19-13(8-11(2)18-19)9-16-15-10-14(20)5-4-12(15)6-7-17-16/h4-5,8,10,16-17,20H,3,6-7,9H2,1-2H3. The molecule has 0 bridgehead atoms. The molecule has 0 saturated carbocycles. The van der Waals surface area contributed by atoms with Crippen LogP contribution in [-0.4, -0.2) is 21.4 Å². The minimum Gasteiger partial charge on any atom is -0.508 e. The van der Waals surface area contributed by atoms with E-state index in [4.69, 9.17) is 0 Å². The summed E-state index contributed by atoms with van der Waals surface area (Å²) in [7, 11) is 0. The van der Waals surface area contributed by atoms with Crippen LogP contribution in [0, 0.1) is 6.92 Å². The lowest BCUT2D eigenvalue weighted by Crippen LogP contribution is -2.31. The molecule has 0 spiro atoms. The number of aromatic hydroxyl groups is 1. The quantitative estimate of drug-likeness (QED) is 0.901. The molecule has 106 valence electrons. The number of aromatic nitrogens is 2. The average molecular weight is 271 g/mol. The lowest BCUT2D eigenvalue weighted by atomic mass is 9.91. The van der Waals surface area contributed by atoms with Gasteiger partial charge in [-0.05, 0) is 56.1 Å². The molecule has 2 N–H and O–H groups in total. The highest BCUT2D eigenvalue weighted by Crippen LogP contribution is 2.29. The van der Waals surface area contributed by atoms with E-state index in [1.54, 1.807) is 6.07 Å². The number of nitrogens with zero attached hydrogens (tertiary/aromatic N) is 2. The first-order valence-corrected chi connectivity index (χ1v) is 7.26. The number of aryl methyl sites for hydroxylation is 2. The Kier molecular flexibility index (Phi) is 3.49. The predicted octanol–water partition coefficient (Wildman–Crippen LogP) is 2.35. The predicted molar refractivity (Wildman–Crippen MR) is 78.9 cm³/mol. The molecule has 0 amide bonds. The Balaban J connectivity index is 1.91. The molecule has 1 aliphatic heterocycles. The van der Waals surface area contributed by atoms with Gasteiger partial charge in [0.1, 0.15) is 5.75 Å². The number of benzene rings is 1. The van der Waals surface area contributed by atoms with E-state index in [1.807, 2.05) is 19.1 Å². The van der Waals surface area contributed by atoms with Crippen molar-refractivity contribution in [1.82, 2.24) is 15.1 Å². The van der Waals surface area contributed by atoms with Crippen molar-refractivity contribution >= 4 is 0 Å². The summed E-state index contributed by atoms with van der Waals surface area (Å²) in [6.07, 6.45) is 1.93. The molecule has 3 rings (SSSR count). The van der Waals surface area contributed by atoms with Gasteiger partial charge in [0.05, 0.1) is 5.69 Å². The summed E-state index contributed by atoms with van der Waals surface area (Å²) < 4.78 is 2.06. The van der Waals surface area contributed by atoms with Gasteiger partial charge in [-0.15, -0.1) is 0 Å². The van der Waals surface area contributed by atoms with Crippen molar-refractivity contribution in [2.75, 3.05) is 6.54 Å². The second-order valence-electron chi connectivity index (χ2n) is 5.44. The van der Waals surface area contributed by atoms with E-state index in [9.17, 15) is 5.11 Å². The zero-order chi connectivity index (χ0) is 14.1. The third-order valence-corrected chi connectivity index (χ3v) is 3.99. The number of phenols is 1. The second kappa shape index (κ2) is 5.29. The molecule has 4 heteroatoms. The maximum absolute atomic E-state index is 9.73. The van der Waals surface area contributed by atoms with E-state index in [0.29, 0.717) is 5.75 Å². The number of nitrogens with one attached hydrogen (secondary N) is 1. The molecule has 0 fully saturated rings. The van der Waals surface area contributed by atoms with Crippen molar-refractivity contribution < 1.29 is 5.11 Å². The van der Waals surface area contributed by atoms with Gasteiger partial charge in [0.2, 0.25) is 0 Å². The summed E-state index contributed by atoms with van der Waals surface area (Å²) >= 11 is 0. The highest BCUT2D eigenvalue weighted by atomic mass is 16.3. The van der Waals surface area contributed by atoms with Crippen LogP contribution < -0.4 is 5.32 Å². The SMILES string of the molecule is CCn1nc(C)cc1CC1NCCc2ccc(O)cc21. The van der Waals surface area contributed by atoms with Crippen LogP contribution >= 0.6 is 0 Å². The lowest BCUT2D eigenvalue weighted by Gasteiger charge is -2.27. The number of fused-ring (bicyclic) bond motifs is 1. The van der Waals surface area contributed by atoms with Crippen LogP contribution in [-0.2, 0) is 19.4 Å². The van der Waals surface area contributed by atoms with E-state index in [2.05, 4.69) is 28.1 Å². The molecular weight excluding hydrogens is 250 g/mol. The largest absolute Gasteiger partial charge is 0.508 e. The summed E-state index contributed by atoms with van der Waals surface area (Å²) in [5.41, 5.74) is 4.87. The Morgan fingerprint density at radius 3 is 3.05 bits per heavy atom. The van der Waals surface area contributed by atoms with Crippen molar-refractivity contribution in [1.29, 1.82) is 0 Å². The minimum absolute atomic E-state index is 0.257. The number of hydrogen-bond donors (Lipinski definition) is 2. The van der Waals surface area contributed by atoms with Crippen LogP contribution in [0.1, 0.15) is 35.5 Å². The molecule has 2 heterocycles.